The van der Waals surface area contributed by atoms with Crippen LogP contribution in [0.4, 0.5) is 5.82 Å². The van der Waals surface area contributed by atoms with Crippen LogP contribution in [0.15, 0.2) is 18.3 Å². The molecule has 0 unspecified atom stereocenters. The lowest BCUT2D eigenvalue weighted by Gasteiger charge is -2.22. The van der Waals surface area contributed by atoms with Gasteiger partial charge in [0.2, 0.25) is 0 Å². The van der Waals surface area contributed by atoms with Crippen LogP contribution in [0, 0.1) is 0 Å². The first kappa shape index (κ1) is 12.4. The van der Waals surface area contributed by atoms with Crippen LogP contribution in [0.2, 0.25) is 0 Å². The minimum atomic E-state index is -1.42. The highest BCUT2D eigenvalue weighted by molar-refractivity contribution is 6.58. The molecule has 92 valence electrons. The van der Waals surface area contributed by atoms with Gasteiger partial charge in [-0.15, -0.1) is 0 Å². The Morgan fingerprint density at radius 3 is 2.82 bits per heavy atom. The van der Waals surface area contributed by atoms with Gasteiger partial charge in [0, 0.05) is 25.8 Å². The van der Waals surface area contributed by atoms with Gasteiger partial charge >= 0.3 is 7.12 Å². The third-order valence-corrected chi connectivity index (χ3v) is 3.11. The Labute approximate surface area is 102 Å². The van der Waals surface area contributed by atoms with E-state index in [0.29, 0.717) is 5.46 Å². The zero-order valence-electron chi connectivity index (χ0n) is 10.1. The van der Waals surface area contributed by atoms with Crippen molar-refractivity contribution in [1.82, 2.24) is 9.88 Å². The summed E-state index contributed by atoms with van der Waals surface area (Å²) < 4.78 is 0. The van der Waals surface area contributed by atoms with Gasteiger partial charge in [-0.2, -0.15) is 0 Å². The van der Waals surface area contributed by atoms with Gasteiger partial charge in [0.05, 0.1) is 0 Å². The van der Waals surface area contributed by atoms with Crippen molar-refractivity contribution in [2.24, 2.45) is 0 Å². The fourth-order valence-corrected chi connectivity index (χ4v) is 2.04. The first-order valence-corrected chi connectivity index (χ1v) is 5.92. The number of likely N-dealkylation sites (N-methyl/N-ethyl adjacent to an activating group) is 1. The van der Waals surface area contributed by atoms with E-state index in [1.165, 1.54) is 0 Å². The zero-order chi connectivity index (χ0) is 12.3. The van der Waals surface area contributed by atoms with Crippen molar-refractivity contribution in [2.75, 3.05) is 38.1 Å². The van der Waals surface area contributed by atoms with Gasteiger partial charge in [-0.25, -0.2) is 4.98 Å². The number of aromatic nitrogens is 1. The SMILES string of the molecule is CN1CCCN(c2cc(B(O)O)ccn2)CC1. The van der Waals surface area contributed by atoms with Crippen LogP contribution in [-0.2, 0) is 0 Å². The fourth-order valence-electron chi connectivity index (χ4n) is 2.04. The van der Waals surface area contributed by atoms with Crippen LogP contribution in [0.3, 0.4) is 0 Å². The van der Waals surface area contributed by atoms with Crippen molar-refractivity contribution in [1.29, 1.82) is 0 Å². The monoisotopic (exact) mass is 235 g/mol. The van der Waals surface area contributed by atoms with E-state index in [9.17, 15) is 0 Å². The Kier molecular flexibility index (Phi) is 3.99. The van der Waals surface area contributed by atoms with Gasteiger partial charge in [0.25, 0.3) is 0 Å². The summed E-state index contributed by atoms with van der Waals surface area (Å²) in [5.74, 6) is 0.825. The third kappa shape index (κ3) is 3.18. The van der Waals surface area contributed by atoms with E-state index < -0.39 is 7.12 Å². The molecule has 2 heterocycles. The predicted molar refractivity (Wildman–Crippen MR) is 68.4 cm³/mol. The average molecular weight is 235 g/mol. The first-order chi connectivity index (χ1) is 8.16. The highest BCUT2D eigenvalue weighted by Gasteiger charge is 2.16. The van der Waals surface area contributed by atoms with E-state index in [0.717, 1.165) is 38.4 Å². The number of anilines is 1. The number of hydrogen-bond acceptors (Lipinski definition) is 5. The second kappa shape index (κ2) is 5.49. The summed E-state index contributed by atoms with van der Waals surface area (Å²) in [6, 6.07) is 3.37. The van der Waals surface area contributed by atoms with E-state index in [1.807, 2.05) is 0 Å². The quantitative estimate of drug-likeness (QED) is 0.637. The van der Waals surface area contributed by atoms with E-state index in [-0.39, 0.29) is 0 Å². The molecule has 0 aliphatic carbocycles. The Morgan fingerprint density at radius 2 is 2.06 bits per heavy atom. The molecule has 0 aromatic carbocycles. The predicted octanol–water partition coefficient (Wildman–Crippen LogP) is -1.10. The molecule has 1 saturated heterocycles. The van der Waals surface area contributed by atoms with E-state index in [4.69, 9.17) is 10.0 Å². The van der Waals surface area contributed by atoms with Crippen LogP contribution in [0.25, 0.3) is 0 Å². The number of nitrogens with zero attached hydrogens (tertiary/aromatic N) is 3. The maximum absolute atomic E-state index is 9.15. The van der Waals surface area contributed by atoms with Gasteiger partial charge in [-0.1, -0.05) is 0 Å². The molecular weight excluding hydrogens is 217 g/mol. The molecule has 17 heavy (non-hydrogen) atoms. The van der Waals surface area contributed by atoms with Crippen LogP contribution < -0.4 is 10.4 Å². The molecule has 0 spiro atoms. The highest BCUT2D eigenvalue weighted by Crippen LogP contribution is 2.11. The molecule has 1 aliphatic heterocycles. The van der Waals surface area contributed by atoms with Gasteiger partial charge < -0.3 is 19.8 Å². The van der Waals surface area contributed by atoms with Crippen LogP contribution in [0.1, 0.15) is 6.42 Å². The van der Waals surface area contributed by atoms with Crippen molar-refractivity contribution < 1.29 is 10.0 Å². The lowest BCUT2D eigenvalue weighted by Crippen LogP contribution is -2.33. The lowest BCUT2D eigenvalue weighted by molar-refractivity contribution is 0.360. The highest BCUT2D eigenvalue weighted by atomic mass is 16.4. The Hall–Kier alpha value is -1.11. The maximum atomic E-state index is 9.15. The van der Waals surface area contributed by atoms with E-state index >= 15 is 0 Å². The Balaban J connectivity index is 2.13. The molecule has 0 atom stereocenters. The second-order valence-electron chi connectivity index (χ2n) is 4.46. The molecule has 6 heteroatoms. The molecule has 2 N–H and O–H groups in total. The van der Waals surface area contributed by atoms with Gasteiger partial charge in [0.15, 0.2) is 0 Å². The number of hydrogen-bond donors (Lipinski definition) is 2. The molecule has 0 radical (unpaired) electrons. The van der Waals surface area contributed by atoms with Crippen LogP contribution in [-0.4, -0.2) is 60.3 Å². The van der Waals surface area contributed by atoms with Crippen molar-refractivity contribution in [2.45, 2.75) is 6.42 Å². The topological polar surface area (TPSA) is 59.8 Å². The summed E-state index contributed by atoms with van der Waals surface area (Å²) >= 11 is 0. The van der Waals surface area contributed by atoms with Crippen molar-refractivity contribution >= 4 is 18.4 Å². The van der Waals surface area contributed by atoms with Crippen LogP contribution in [0.5, 0.6) is 0 Å². The normalized spacial score (nSPS) is 17.9. The zero-order valence-corrected chi connectivity index (χ0v) is 10.1. The molecule has 1 fully saturated rings. The molecule has 2 rings (SSSR count). The van der Waals surface area contributed by atoms with Crippen molar-refractivity contribution in [3.8, 4) is 0 Å². The molecule has 5 nitrogen and oxygen atoms in total. The van der Waals surface area contributed by atoms with Gasteiger partial charge in [-0.3, -0.25) is 0 Å². The largest absolute Gasteiger partial charge is 0.488 e. The van der Waals surface area contributed by atoms with E-state index in [2.05, 4.69) is 21.8 Å². The molecule has 1 aliphatic rings. The van der Waals surface area contributed by atoms with Crippen LogP contribution >= 0.6 is 0 Å². The summed E-state index contributed by atoms with van der Waals surface area (Å²) in [4.78, 5) is 8.78. The number of pyridine rings is 1. The molecule has 0 saturated carbocycles. The minimum absolute atomic E-state index is 0.493. The summed E-state index contributed by atoms with van der Waals surface area (Å²) in [5.41, 5.74) is 0.493. The second-order valence-corrected chi connectivity index (χ2v) is 4.46. The average Bonchev–Trinajstić information content (AvgIpc) is 2.54. The van der Waals surface area contributed by atoms with Gasteiger partial charge in [-0.05, 0) is 37.6 Å². The van der Waals surface area contributed by atoms with Crippen molar-refractivity contribution in [3.05, 3.63) is 18.3 Å². The molecule has 0 bridgehead atoms. The Morgan fingerprint density at radius 1 is 1.24 bits per heavy atom. The van der Waals surface area contributed by atoms with E-state index in [1.54, 1.807) is 18.3 Å². The molecule has 0 amide bonds. The molecular formula is C11H18BN3O2. The standard InChI is InChI=1S/C11H18BN3O2/c1-14-5-2-6-15(8-7-14)11-9-10(12(16)17)3-4-13-11/h3-4,9,16-17H,2,5-8H2,1H3. The van der Waals surface area contributed by atoms with Gasteiger partial charge in [0.1, 0.15) is 5.82 Å². The summed E-state index contributed by atoms with van der Waals surface area (Å²) in [6.07, 6.45) is 2.72. The Bertz CT molecular complexity index is 375. The molecule has 1 aromatic heterocycles. The van der Waals surface area contributed by atoms with Crippen molar-refractivity contribution in [3.63, 3.8) is 0 Å². The first-order valence-electron chi connectivity index (χ1n) is 5.92. The lowest BCUT2D eigenvalue weighted by atomic mass is 9.81. The number of rotatable bonds is 2. The minimum Gasteiger partial charge on any atom is -0.423 e. The maximum Gasteiger partial charge on any atom is 0.488 e. The summed E-state index contributed by atoms with van der Waals surface area (Å²) in [5, 5.41) is 18.3. The summed E-state index contributed by atoms with van der Waals surface area (Å²) in [7, 11) is 0.691. The molecule has 1 aromatic rings. The third-order valence-electron chi connectivity index (χ3n) is 3.11. The smallest absolute Gasteiger partial charge is 0.423 e. The summed E-state index contributed by atoms with van der Waals surface area (Å²) in [6.45, 7) is 3.99. The fraction of sp³-hybridized carbons (Fsp3) is 0.545.